The molecular formula is C30H30N6O7. The highest BCUT2D eigenvalue weighted by molar-refractivity contribution is 5.95. The fourth-order valence-corrected chi connectivity index (χ4v) is 5.14. The van der Waals surface area contributed by atoms with Gasteiger partial charge in [-0.05, 0) is 30.2 Å². The van der Waals surface area contributed by atoms with Gasteiger partial charge in [-0.2, -0.15) is 0 Å². The van der Waals surface area contributed by atoms with Crippen molar-refractivity contribution < 1.29 is 33.6 Å². The van der Waals surface area contributed by atoms with Gasteiger partial charge in [-0.15, -0.1) is 0 Å². The molecule has 3 N–H and O–H groups in total. The molecule has 2 aromatic carbocycles. The number of imidazole rings is 1. The molecule has 2 aliphatic heterocycles. The first kappa shape index (κ1) is 28.4. The van der Waals surface area contributed by atoms with Crippen LogP contribution in [0.4, 0.5) is 10.6 Å². The van der Waals surface area contributed by atoms with Gasteiger partial charge in [0.25, 0.3) is 0 Å². The van der Waals surface area contributed by atoms with Gasteiger partial charge in [0.05, 0.1) is 25.1 Å². The maximum atomic E-state index is 12.1. The van der Waals surface area contributed by atoms with Crippen molar-refractivity contribution in [2.75, 3.05) is 18.5 Å². The van der Waals surface area contributed by atoms with E-state index < -0.39 is 42.8 Å². The number of carbonyl (C=O) groups is 2. The molecule has 222 valence electrons. The van der Waals surface area contributed by atoms with E-state index >= 15 is 0 Å². The molecule has 2 aromatic heterocycles. The molecule has 0 radical (unpaired) electrons. The largest absolute Gasteiger partial charge is 0.478 e. The minimum absolute atomic E-state index is 0.0820. The third kappa shape index (κ3) is 6.10. The van der Waals surface area contributed by atoms with Gasteiger partial charge >= 0.3 is 12.0 Å². The molecule has 4 aromatic rings. The predicted molar refractivity (Wildman–Crippen MR) is 154 cm³/mol. The number of carboxylic acid groups (broad SMARTS) is 1. The molecular weight excluding hydrogens is 556 g/mol. The van der Waals surface area contributed by atoms with E-state index in [0.29, 0.717) is 23.3 Å². The summed E-state index contributed by atoms with van der Waals surface area (Å²) in [4.78, 5) is 36.8. The molecule has 5 atom stereocenters. The molecule has 0 aliphatic carbocycles. The number of hydrogen-bond acceptors (Lipinski definition) is 9. The molecule has 0 saturated carbocycles. The number of carboxylic acids is 1. The lowest BCUT2D eigenvalue weighted by atomic mass is 10.1. The van der Waals surface area contributed by atoms with Crippen molar-refractivity contribution in [2.45, 2.75) is 44.4 Å². The zero-order valence-corrected chi connectivity index (χ0v) is 23.2. The Balaban J connectivity index is 1.24. The molecule has 2 amide bonds. The van der Waals surface area contributed by atoms with Gasteiger partial charge in [-0.1, -0.05) is 54.6 Å². The lowest BCUT2D eigenvalue weighted by Crippen LogP contribution is -2.32. The number of urea groups is 1. The van der Waals surface area contributed by atoms with Crippen molar-refractivity contribution >= 4 is 35.1 Å². The second kappa shape index (κ2) is 12.7. The van der Waals surface area contributed by atoms with Gasteiger partial charge < -0.3 is 29.4 Å². The van der Waals surface area contributed by atoms with Gasteiger partial charge in [-0.3, -0.25) is 9.88 Å². The predicted octanol–water partition coefficient (Wildman–Crippen LogP) is 3.60. The Labute approximate surface area is 246 Å². The zero-order valence-electron chi connectivity index (χ0n) is 23.2. The Morgan fingerprint density at radius 3 is 2.63 bits per heavy atom. The van der Waals surface area contributed by atoms with Crippen molar-refractivity contribution in [1.82, 2.24) is 24.8 Å². The quantitative estimate of drug-likeness (QED) is 0.251. The Morgan fingerprint density at radius 1 is 1.02 bits per heavy atom. The number of ether oxygens (including phenoxy) is 4. The SMILES string of the molecule is CCNC(=O)Nc1ncnc2c1ncn2C1OC(COCc2ccccc2C(=O)O)C2O[C@H](/C=C/c3ccccc3)OC21. The third-order valence-corrected chi connectivity index (χ3v) is 7.10. The number of aromatic carboxylic acids is 1. The summed E-state index contributed by atoms with van der Waals surface area (Å²) in [5.41, 5.74) is 2.56. The number of anilines is 1. The minimum Gasteiger partial charge on any atom is -0.478 e. The molecule has 6 rings (SSSR count). The smallest absolute Gasteiger partial charge is 0.336 e. The van der Waals surface area contributed by atoms with E-state index in [-0.39, 0.29) is 24.6 Å². The van der Waals surface area contributed by atoms with Crippen LogP contribution in [0.25, 0.3) is 17.2 Å². The number of amides is 2. The van der Waals surface area contributed by atoms with Crippen molar-refractivity contribution in [3.8, 4) is 0 Å². The van der Waals surface area contributed by atoms with Crippen LogP contribution in [0, 0.1) is 0 Å². The van der Waals surface area contributed by atoms with Crippen LogP contribution in [0.15, 0.2) is 73.3 Å². The highest BCUT2D eigenvalue weighted by Gasteiger charge is 2.53. The highest BCUT2D eigenvalue weighted by atomic mass is 16.8. The van der Waals surface area contributed by atoms with Gasteiger partial charge in [0.15, 0.2) is 29.5 Å². The fraction of sp³-hybridized carbons (Fsp3) is 0.300. The summed E-state index contributed by atoms with van der Waals surface area (Å²) in [6.07, 6.45) is 3.75. The maximum Gasteiger partial charge on any atom is 0.336 e. The molecule has 0 bridgehead atoms. The van der Waals surface area contributed by atoms with Gasteiger partial charge in [0, 0.05) is 6.54 Å². The Morgan fingerprint density at radius 2 is 1.81 bits per heavy atom. The lowest BCUT2D eigenvalue weighted by Gasteiger charge is -2.20. The molecule has 4 heterocycles. The first-order valence-corrected chi connectivity index (χ1v) is 13.8. The van der Waals surface area contributed by atoms with Crippen molar-refractivity contribution in [3.63, 3.8) is 0 Å². The van der Waals surface area contributed by atoms with Crippen LogP contribution in [-0.4, -0.2) is 74.4 Å². The summed E-state index contributed by atoms with van der Waals surface area (Å²) in [5.74, 6) is -0.763. The minimum atomic E-state index is -1.02. The van der Waals surface area contributed by atoms with E-state index in [0.717, 1.165) is 5.56 Å². The van der Waals surface area contributed by atoms with Crippen molar-refractivity contribution in [3.05, 3.63) is 90.0 Å². The first-order valence-electron chi connectivity index (χ1n) is 13.8. The Hall–Kier alpha value is -4.69. The van der Waals surface area contributed by atoms with Crippen molar-refractivity contribution in [1.29, 1.82) is 0 Å². The Bertz CT molecular complexity index is 1630. The fourth-order valence-electron chi connectivity index (χ4n) is 5.14. The van der Waals surface area contributed by atoms with Crippen molar-refractivity contribution in [2.24, 2.45) is 0 Å². The second-order valence-corrected chi connectivity index (χ2v) is 9.91. The normalized spacial score (nSPS) is 23.0. The number of aromatic nitrogens is 4. The summed E-state index contributed by atoms with van der Waals surface area (Å²) >= 11 is 0. The number of fused-ring (bicyclic) bond motifs is 2. The van der Waals surface area contributed by atoms with Crippen LogP contribution < -0.4 is 10.6 Å². The molecule has 4 unspecified atom stereocenters. The molecule has 13 nitrogen and oxygen atoms in total. The third-order valence-electron chi connectivity index (χ3n) is 7.10. The van der Waals surface area contributed by atoms with E-state index in [1.54, 1.807) is 29.1 Å². The average molecular weight is 587 g/mol. The van der Waals surface area contributed by atoms with E-state index in [1.165, 1.54) is 12.4 Å². The number of nitrogens with zero attached hydrogens (tertiary/aromatic N) is 4. The van der Waals surface area contributed by atoms with E-state index in [4.69, 9.17) is 18.9 Å². The number of hydrogen-bond donors (Lipinski definition) is 3. The maximum absolute atomic E-state index is 12.1. The summed E-state index contributed by atoms with van der Waals surface area (Å²) in [6.45, 7) is 2.47. The average Bonchev–Trinajstić information content (AvgIpc) is 3.72. The van der Waals surface area contributed by atoms with Crippen LogP contribution in [0.2, 0.25) is 0 Å². The monoisotopic (exact) mass is 586 g/mol. The second-order valence-electron chi connectivity index (χ2n) is 9.91. The molecule has 43 heavy (non-hydrogen) atoms. The standard InChI is InChI=1S/C30H30N6O7/c1-2-31-30(39)35-26-23-27(33-16-32-26)36(17-34-23)28-25-24(42-22(43-25)13-12-18-8-4-3-5-9-18)21(41-28)15-40-14-19-10-6-7-11-20(19)29(37)38/h3-13,16-17,21-22,24-25,28H,2,14-15H2,1H3,(H,37,38)(H2,31,32,33,35,39)/b13-12+/t21?,22-,24?,25?,28?/m0/s1. The topological polar surface area (TPSA) is 159 Å². The van der Waals surface area contributed by atoms with Gasteiger partial charge in [0.2, 0.25) is 0 Å². The number of rotatable bonds is 10. The van der Waals surface area contributed by atoms with Crippen LogP contribution in [-0.2, 0) is 25.6 Å². The van der Waals surface area contributed by atoms with E-state index in [1.807, 2.05) is 49.4 Å². The molecule has 2 aliphatic rings. The van der Waals surface area contributed by atoms with Crippen LogP contribution >= 0.6 is 0 Å². The summed E-state index contributed by atoms with van der Waals surface area (Å²) in [7, 11) is 0. The highest BCUT2D eigenvalue weighted by Crippen LogP contribution is 2.41. The van der Waals surface area contributed by atoms with Crippen LogP contribution in [0.3, 0.4) is 0 Å². The number of carbonyl (C=O) groups excluding carboxylic acids is 1. The Kier molecular flexibility index (Phi) is 8.38. The van der Waals surface area contributed by atoms with E-state index in [2.05, 4.69) is 25.6 Å². The molecule has 0 spiro atoms. The molecule has 13 heteroatoms. The van der Waals surface area contributed by atoms with Crippen LogP contribution in [0.5, 0.6) is 0 Å². The molecule has 2 saturated heterocycles. The van der Waals surface area contributed by atoms with Crippen LogP contribution in [0.1, 0.15) is 34.6 Å². The summed E-state index contributed by atoms with van der Waals surface area (Å²) < 4.78 is 26.7. The van der Waals surface area contributed by atoms with Gasteiger partial charge in [0.1, 0.15) is 24.6 Å². The van der Waals surface area contributed by atoms with E-state index in [9.17, 15) is 14.7 Å². The summed E-state index contributed by atoms with van der Waals surface area (Å²) in [5, 5.41) is 14.9. The van der Waals surface area contributed by atoms with Gasteiger partial charge in [-0.25, -0.2) is 24.5 Å². The molecule has 2 fully saturated rings. The number of benzene rings is 2. The zero-order chi connectivity index (χ0) is 29.8. The summed E-state index contributed by atoms with van der Waals surface area (Å²) in [6, 6.07) is 16.1. The number of nitrogens with one attached hydrogen (secondary N) is 2. The lowest BCUT2D eigenvalue weighted by molar-refractivity contribution is -0.139. The first-order chi connectivity index (χ1) is 21.0.